The van der Waals surface area contributed by atoms with E-state index in [1.165, 1.54) is 18.4 Å². The van der Waals surface area contributed by atoms with Crippen LogP contribution in [0.15, 0.2) is 48.5 Å². The van der Waals surface area contributed by atoms with Gasteiger partial charge < -0.3 is 10.1 Å². The standard InChI is InChI=1S/C18H22ClNO/c1-2-3-11-20-13-16-5-4-6-18(12-16)21-14-15-7-9-17(19)10-8-15/h4-10,12,20H,2-3,11,13-14H2,1H3. The molecule has 0 radical (unpaired) electrons. The van der Waals surface area contributed by atoms with Gasteiger partial charge in [-0.25, -0.2) is 0 Å². The van der Waals surface area contributed by atoms with Gasteiger partial charge in [-0.15, -0.1) is 0 Å². The average Bonchev–Trinajstić information content (AvgIpc) is 2.52. The number of hydrogen-bond acceptors (Lipinski definition) is 2. The highest BCUT2D eigenvalue weighted by Crippen LogP contribution is 2.16. The van der Waals surface area contributed by atoms with Crippen molar-refractivity contribution in [3.8, 4) is 5.75 Å². The molecule has 0 bridgehead atoms. The largest absolute Gasteiger partial charge is 0.489 e. The molecular formula is C18H22ClNO. The number of unbranched alkanes of at least 4 members (excludes halogenated alkanes) is 1. The Hall–Kier alpha value is -1.51. The Morgan fingerprint density at radius 3 is 2.62 bits per heavy atom. The lowest BCUT2D eigenvalue weighted by Crippen LogP contribution is -2.14. The minimum absolute atomic E-state index is 0.559. The van der Waals surface area contributed by atoms with E-state index in [0.717, 1.165) is 29.4 Å². The Balaban J connectivity index is 1.84. The molecule has 0 aromatic heterocycles. The van der Waals surface area contributed by atoms with Gasteiger partial charge in [-0.1, -0.05) is 49.2 Å². The SMILES string of the molecule is CCCCNCc1cccc(OCc2ccc(Cl)cc2)c1. The van der Waals surface area contributed by atoms with Gasteiger partial charge in [0, 0.05) is 11.6 Å². The predicted octanol–water partition coefficient (Wildman–Crippen LogP) is 4.81. The Bertz CT molecular complexity index is 539. The summed E-state index contributed by atoms with van der Waals surface area (Å²) in [5.74, 6) is 0.903. The van der Waals surface area contributed by atoms with E-state index in [-0.39, 0.29) is 0 Å². The maximum atomic E-state index is 5.87. The molecule has 1 N–H and O–H groups in total. The predicted molar refractivity (Wildman–Crippen MR) is 88.8 cm³/mol. The molecule has 2 rings (SSSR count). The van der Waals surface area contributed by atoms with Crippen molar-refractivity contribution in [1.29, 1.82) is 0 Å². The maximum absolute atomic E-state index is 5.87. The van der Waals surface area contributed by atoms with Gasteiger partial charge in [0.2, 0.25) is 0 Å². The molecule has 2 aromatic carbocycles. The van der Waals surface area contributed by atoms with Gasteiger partial charge in [-0.3, -0.25) is 0 Å². The monoisotopic (exact) mass is 303 g/mol. The molecule has 0 spiro atoms. The van der Waals surface area contributed by atoms with Crippen molar-refractivity contribution >= 4 is 11.6 Å². The van der Waals surface area contributed by atoms with Crippen LogP contribution in [-0.4, -0.2) is 6.54 Å². The fourth-order valence-electron chi connectivity index (χ4n) is 2.03. The molecule has 0 saturated carbocycles. The molecule has 21 heavy (non-hydrogen) atoms. The topological polar surface area (TPSA) is 21.3 Å². The first-order valence-electron chi connectivity index (χ1n) is 7.45. The first kappa shape index (κ1) is 15.9. The minimum atomic E-state index is 0.559. The van der Waals surface area contributed by atoms with E-state index in [4.69, 9.17) is 16.3 Å². The summed E-state index contributed by atoms with van der Waals surface area (Å²) < 4.78 is 5.83. The van der Waals surface area contributed by atoms with Gasteiger partial charge in [0.05, 0.1) is 0 Å². The molecule has 0 saturated heterocycles. The summed E-state index contributed by atoms with van der Waals surface area (Å²) in [5.41, 5.74) is 2.37. The van der Waals surface area contributed by atoms with Crippen molar-refractivity contribution in [2.75, 3.05) is 6.54 Å². The van der Waals surface area contributed by atoms with Gasteiger partial charge >= 0.3 is 0 Å². The van der Waals surface area contributed by atoms with Crippen molar-refractivity contribution in [3.63, 3.8) is 0 Å². The van der Waals surface area contributed by atoms with Crippen LogP contribution in [0.5, 0.6) is 5.75 Å². The molecule has 0 heterocycles. The summed E-state index contributed by atoms with van der Waals surface area (Å²) >= 11 is 5.87. The van der Waals surface area contributed by atoms with Crippen LogP contribution in [0.2, 0.25) is 5.02 Å². The van der Waals surface area contributed by atoms with Gasteiger partial charge in [0.25, 0.3) is 0 Å². The van der Waals surface area contributed by atoms with E-state index in [2.05, 4.69) is 24.4 Å². The van der Waals surface area contributed by atoms with E-state index in [0.29, 0.717) is 6.61 Å². The van der Waals surface area contributed by atoms with Crippen LogP contribution < -0.4 is 10.1 Å². The lowest BCUT2D eigenvalue weighted by atomic mass is 10.2. The number of ether oxygens (including phenoxy) is 1. The lowest BCUT2D eigenvalue weighted by Gasteiger charge is -2.09. The Morgan fingerprint density at radius 2 is 1.86 bits per heavy atom. The van der Waals surface area contributed by atoms with E-state index in [1.54, 1.807) is 0 Å². The van der Waals surface area contributed by atoms with Crippen molar-refractivity contribution < 1.29 is 4.74 Å². The van der Waals surface area contributed by atoms with E-state index >= 15 is 0 Å². The molecule has 2 nitrogen and oxygen atoms in total. The molecule has 0 amide bonds. The summed E-state index contributed by atoms with van der Waals surface area (Å²) in [6.45, 7) is 4.71. The molecular weight excluding hydrogens is 282 g/mol. The second-order valence-electron chi connectivity index (χ2n) is 5.09. The quantitative estimate of drug-likeness (QED) is 0.707. The zero-order valence-electron chi connectivity index (χ0n) is 12.4. The summed E-state index contributed by atoms with van der Waals surface area (Å²) in [6.07, 6.45) is 2.43. The second-order valence-corrected chi connectivity index (χ2v) is 5.53. The van der Waals surface area contributed by atoms with Crippen LogP contribution >= 0.6 is 11.6 Å². The Kier molecular flexibility index (Phi) is 6.58. The minimum Gasteiger partial charge on any atom is -0.489 e. The number of rotatable bonds is 8. The summed E-state index contributed by atoms with van der Waals surface area (Å²) in [6, 6.07) is 16.0. The van der Waals surface area contributed by atoms with Crippen molar-refractivity contribution in [2.24, 2.45) is 0 Å². The maximum Gasteiger partial charge on any atom is 0.120 e. The molecule has 0 aliphatic rings. The number of benzene rings is 2. The van der Waals surface area contributed by atoms with Crippen molar-refractivity contribution in [1.82, 2.24) is 5.32 Å². The Morgan fingerprint density at radius 1 is 1.05 bits per heavy atom. The highest BCUT2D eigenvalue weighted by Gasteiger charge is 1.99. The average molecular weight is 304 g/mol. The van der Waals surface area contributed by atoms with E-state index in [9.17, 15) is 0 Å². The lowest BCUT2D eigenvalue weighted by molar-refractivity contribution is 0.306. The molecule has 0 fully saturated rings. The molecule has 0 aliphatic heterocycles. The van der Waals surface area contributed by atoms with Gasteiger partial charge in [0.1, 0.15) is 12.4 Å². The highest BCUT2D eigenvalue weighted by molar-refractivity contribution is 6.30. The van der Waals surface area contributed by atoms with Gasteiger partial charge in [-0.2, -0.15) is 0 Å². The molecule has 0 unspecified atom stereocenters. The van der Waals surface area contributed by atoms with Crippen LogP contribution in [0.1, 0.15) is 30.9 Å². The number of hydrogen-bond donors (Lipinski definition) is 1. The zero-order valence-corrected chi connectivity index (χ0v) is 13.2. The summed E-state index contributed by atoms with van der Waals surface area (Å²) in [7, 11) is 0. The van der Waals surface area contributed by atoms with Crippen molar-refractivity contribution in [3.05, 3.63) is 64.7 Å². The number of halogens is 1. The summed E-state index contributed by atoms with van der Waals surface area (Å²) in [5, 5.41) is 4.19. The fraction of sp³-hybridized carbons (Fsp3) is 0.333. The summed E-state index contributed by atoms with van der Waals surface area (Å²) in [4.78, 5) is 0. The molecule has 0 atom stereocenters. The van der Waals surface area contributed by atoms with Crippen LogP contribution in [0.3, 0.4) is 0 Å². The zero-order chi connectivity index (χ0) is 14.9. The first-order valence-corrected chi connectivity index (χ1v) is 7.82. The highest BCUT2D eigenvalue weighted by atomic mass is 35.5. The van der Waals surface area contributed by atoms with Crippen molar-refractivity contribution in [2.45, 2.75) is 32.9 Å². The molecule has 2 aromatic rings. The fourth-order valence-corrected chi connectivity index (χ4v) is 2.15. The van der Waals surface area contributed by atoms with Crippen LogP contribution in [0.25, 0.3) is 0 Å². The third-order valence-electron chi connectivity index (χ3n) is 3.25. The number of nitrogens with one attached hydrogen (secondary N) is 1. The third kappa shape index (κ3) is 5.78. The van der Waals surface area contributed by atoms with Crippen LogP contribution in [0.4, 0.5) is 0 Å². The van der Waals surface area contributed by atoms with Gasteiger partial charge in [0.15, 0.2) is 0 Å². The molecule has 112 valence electrons. The molecule has 0 aliphatic carbocycles. The Labute approximate surface area is 132 Å². The van der Waals surface area contributed by atoms with Gasteiger partial charge in [-0.05, 0) is 48.4 Å². The second kappa shape index (κ2) is 8.71. The van der Waals surface area contributed by atoms with E-state index in [1.807, 2.05) is 36.4 Å². The normalized spacial score (nSPS) is 10.6. The molecule has 3 heteroatoms. The smallest absolute Gasteiger partial charge is 0.120 e. The van der Waals surface area contributed by atoms with Crippen LogP contribution in [-0.2, 0) is 13.2 Å². The third-order valence-corrected chi connectivity index (χ3v) is 3.51. The first-order chi connectivity index (χ1) is 10.3. The van der Waals surface area contributed by atoms with E-state index < -0.39 is 0 Å². The van der Waals surface area contributed by atoms with Crippen LogP contribution in [0, 0.1) is 0 Å².